The summed E-state index contributed by atoms with van der Waals surface area (Å²) in [5.41, 5.74) is 2.66. The molecule has 1 aromatic carbocycles. The molecule has 1 rings (SSSR count). The van der Waals surface area contributed by atoms with E-state index in [2.05, 4.69) is 58.3 Å². The fourth-order valence-electron chi connectivity index (χ4n) is 1.44. The average molecular weight is 271 g/mol. The Kier molecular flexibility index (Phi) is 5.29. The molecule has 0 atom stereocenters. The molecule has 0 heterocycles. The van der Waals surface area contributed by atoms with Gasteiger partial charge in [-0.2, -0.15) is 0 Å². The fourth-order valence-corrected chi connectivity index (χ4v) is 1.99. The van der Waals surface area contributed by atoms with E-state index in [0.29, 0.717) is 0 Å². The minimum atomic E-state index is 0.919. The van der Waals surface area contributed by atoms with Crippen LogP contribution in [0.25, 0.3) is 0 Å². The second kappa shape index (κ2) is 6.26. The van der Waals surface area contributed by atoms with Crippen molar-refractivity contribution in [2.75, 3.05) is 20.6 Å². The zero-order valence-electron chi connectivity index (χ0n) is 9.68. The molecule has 0 radical (unpaired) electrons. The molecule has 0 aliphatic heterocycles. The molecule has 1 aromatic rings. The van der Waals surface area contributed by atoms with Crippen LogP contribution in [0.1, 0.15) is 18.1 Å². The van der Waals surface area contributed by atoms with Crippen LogP contribution < -0.4 is 5.32 Å². The van der Waals surface area contributed by atoms with Gasteiger partial charge in [-0.3, -0.25) is 0 Å². The Bertz CT molecular complexity index is 312. The third kappa shape index (κ3) is 3.93. The maximum Gasteiger partial charge on any atom is 0.0241 e. The zero-order chi connectivity index (χ0) is 11.3. The number of nitrogens with one attached hydrogen (secondary N) is 1. The van der Waals surface area contributed by atoms with E-state index < -0.39 is 0 Å². The summed E-state index contributed by atoms with van der Waals surface area (Å²) in [5.74, 6) is 0. The van der Waals surface area contributed by atoms with Crippen molar-refractivity contribution in [3.63, 3.8) is 0 Å². The van der Waals surface area contributed by atoms with Gasteiger partial charge in [0.25, 0.3) is 0 Å². The van der Waals surface area contributed by atoms with Gasteiger partial charge in [0.2, 0.25) is 0 Å². The fraction of sp³-hybridized carbons (Fsp3) is 0.500. The molecule has 84 valence electrons. The highest BCUT2D eigenvalue weighted by Gasteiger charge is 2.03. The molecule has 0 spiro atoms. The highest BCUT2D eigenvalue weighted by atomic mass is 79.9. The largest absolute Gasteiger partial charge is 0.316 e. The van der Waals surface area contributed by atoms with Crippen LogP contribution in [0, 0.1) is 0 Å². The van der Waals surface area contributed by atoms with Crippen LogP contribution in [-0.2, 0) is 13.1 Å². The SMILES string of the molecule is CCN(C)Cc1ccc(CNC)cc1Br. The molecule has 0 bridgehead atoms. The molecule has 0 amide bonds. The quantitative estimate of drug-likeness (QED) is 0.885. The highest BCUT2D eigenvalue weighted by molar-refractivity contribution is 9.10. The van der Waals surface area contributed by atoms with E-state index in [9.17, 15) is 0 Å². The summed E-state index contributed by atoms with van der Waals surface area (Å²) in [6, 6.07) is 6.57. The number of hydrogen-bond donors (Lipinski definition) is 1. The third-order valence-electron chi connectivity index (χ3n) is 2.48. The first-order chi connectivity index (χ1) is 7.17. The van der Waals surface area contributed by atoms with Crippen molar-refractivity contribution in [3.8, 4) is 0 Å². The number of benzene rings is 1. The van der Waals surface area contributed by atoms with Crippen LogP contribution in [0.5, 0.6) is 0 Å². The molecule has 0 fully saturated rings. The number of nitrogens with zero attached hydrogens (tertiary/aromatic N) is 1. The van der Waals surface area contributed by atoms with Gasteiger partial charge in [-0.1, -0.05) is 35.0 Å². The van der Waals surface area contributed by atoms with E-state index in [1.54, 1.807) is 0 Å². The van der Waals surface area contributed by atoms with Gasteiger partial charge < -0.3 is 10.2 Å². The molecule has 0 unspecified atom stereocenters. The Morgan fingerprint density at radius 2 is 2.13 bits per heavy atom. The lowest BCUT2D eigenvalue weighted by atomic mass is 10.1. The minimum absolute atomic E-state index is 0.919. The predicted molar refractivity (Wildman–Crippen MR) is 68.9 cm³/mol. The van der Waals surface area contributed by atoms with E-state index in [4.69, 9.17) is 0 Å². The topological polar surface area (TPSA) is 15.3 Å². The zero-order valence-corrected chi connectivity index (χ0v) is 11.3. The first-order valence-corrected chi connectivity index (χ1v) is 6.07. The van der Waals surface area contributed by atoms with E-state index in [-0.39, 0.29) is 0 Å². The minimum Gasteiger partial charge on any atom is -0.316 e. The van der Waals surface area contributed by atoms with Crippen molar-refractivity contribution in [1.82, 2.24) is 10.2 Å². The molecule has 0 saturated heterocycles. The van der Waals surface area contributed by atoms with Crippen molar-refractivity contribution in [2.24, 2.45) is 0 Å². The van der Waals surface area contributed by atoms with Gasteiger partial charge >= 0.3 is 0 Å². The summed E-state index contributed by atoms with van der Waals surface area (Å²) in [4.78, 5) is 2.29. The third-order valence-corrected chi connectivity index (χ3v) is 3.22. The van der Waals surface area contributed by atoms with Gasteiger partial charge in [0.05, 0.1) is 0 Å². The molecular weight excluding hydrogens is 252 g/mol. The molecule has 1 N–H and O–H groups in total. The van der Waals surface area contributed by atoms with Gasteiger partial charge in [0.15, 0.2) is 0 Å². The summed E-state index contributed by atoms with van der Waals surface area (Å²) in [6.45, 7) is 5.16. The lowest BCUT2D eigenvalue weighted by Gasteiger charge is -2.15. The molecule has 0 saturated carbocycles. The van der Waals surface area contributed by atoms with E-state index >= 15 is 0 Å². The second-order valence-corrected chi connectivity index (χ2v) is 4.64. The Morgan fingerprint density at radius 1 is 1.40 bits per heavy atom. The number of halogens is 1. The summed E-state index contributed by atoms with van der Waals surface area (Å²) in [5, 5.41) is 3.15. The van der Waals surface area contributed by atoms with E-state index in [0.717, 1.165) is 19.6 Å². The van der Waals surface area contributed by atoms with Crippen molar-refractivity contribution in [3.05, 3.63) is 33.8 Å². The van der Waals surface area contributed by atoms with E-state index in [1.807, 2.05) is 7.05 Å². The van der Waals surface area contributed by atoms with Crippen LogP contribution in [0.2, 0.25) is 0 Å². The maximum absolute atomic E-state index is 3.62. The van der Waals surface area contributed by atoms with Gasteiger partial charge in [-0.05, 0) is 37.8 Å². The first kappa shape index (κ1) is 12.7. The summed E-state index contributed by atoms with van der Waals surface area (Å²) in [7, 11) is 4.10. The molecule has 15 heavy (non-hydrogen) atoms. The van der Waals surface area contributed by atoms with Gasteiger partial charge in [-0.25, -0.2) is 0 Å². The van der Waals surface area contributed by atoms with Crippen molar-refractivity contribution in [2.45, 2.75) is 20.0 Å². The predicted octanol–water partition coefficient (Wildman–Crippen LogP) is 2.62. The Hall–Kier alpha value is -0.380. The summed E-state index contributed by atoms with van der Waals surface area (Å²) >= 11 is 3.62. The Morgan fingerprint density at radius 3 is 2.67 bits per heavy atom. The molecule has 2 nitrogen and oxygen atoms in total. The molecule has 0 aliphatic carbocycles. The Balaban J connectivity index is 2.74. The number of rotatable bonds is 5. The normalized spacial score (nSPS) is 11.0. The van der Waals surface area contributed by atoms with Crippen LogP contribution in [-0.4, -0.2) is 25.5 Å². The smallest absolute Gasteiger partial charge is 0.0241 e. The maximum atomic E-state index is 3.62. The van der Waals surface area contributed by atoms with Crippen molar-refractivity contribution in [1.29, 1.82) is 0 Å². The second-order valence-electron chi connectivity index (χ2n) is 3.79. The molecular formula is C12H19BrN2. The van der Waals surface area contributed by atoms with E-state index in [1.165, 1.54) is 15.6 Å². The van der Waals surface area contributed by atoms with Gasteiger partial charge in [0, 0.05) is 17.6 Å². The number of hydrogen-bond acceptors (Lipinski definition) is 2. The summed E-state index contributed by atoms with van der Waals surface area (Å²) in [6.07, 6.45) is 0. The summed E-state index contributed by atoms with van der Waals surface area (Å²) < 4.78 is 1.20. The van der Waals surface area contributed by atoms with Crippen LogP contribution in [0.3, 0.4) is 0 Å². The molecule has 0 aliphatic rings. The lowest BCUT2D eigenvalue weighted by Crippen LogP contribution is -2.17. The average Bonchev–Trinajstić information content (AvgIpc) is 2.22. The molecule has 0 aromatic heterocycles. The van der Waals surface area contributed by atoms with Crippen molar-refractivity contribution < 1.29 is 0 Å². The van der Waals surface area contributed by atoms with Gasteiger partial charge in [-0.15, -0.1) is 0 Å². The standard InChI is InChI=1S/C12H19BrN2/c1-4-15(3)9-11-6-5-10(8-14-2)7-12(11)13/h5-7,14H,4,8-9H2,1-3H3. The monoisotopic (exact) mass is 270 g/mol. The van der Waals surface area contributed by atoms with Crippen LogP contribution in [0.15, 0.2) is 22.7 Å². The highest BCUT2D eigenvalue weighted by Crippen LogP contribution is 2.19. The first-order valence-electron chi connectivity index (χ1n) is 5.27. The lowest BCUT2D eigenvalue weighted by molar-refractivity contribution is 0.345. The van der Waals surface area contributed by atoms with Gasteiger partial charge in [0.1, 0.15) is 0 Å². The Labute approximate surface area is 101 Å². The molecule has 3 heteroatoms. The van der Waals surface area contributed by atoms with Crippen LogP contribution >= 0.6 is 15.9 Å². The van der Waals surface area contributed by atoms with Crippen LogP contribution in [0.4, 0.5) is 0 Å². The van der Waals surface area contributed by atoms with Crippen molar-refractivity contribution >= 4 is 15.9 Å².